The number of rotatable bonds is 6. The summed E-state index contributed by atoms with van der Waals surface area (Å²) >= 11 is 0. The summed E-state index contributed by atoms with van der Waals surface area (Å²) in [6.07, 6.45) is -0.0919. The summed E-state index contributed by atoms with van der Waals surface area (Å²) in [5, 5.41) is 23.1. The predicted octanol–water partition coefficient (Wildman–Crippen LogP) is 0.798. The molecule has 0 aromatic heterocycles. The molecule has 1 unspecified atom stereocenters. The molecule has 0 spiro atoms. The van der Waals surface area contributed by atoms with E-state index in [2.05, 4.69) is 5.32 Å². The van der Waals surface area contributed by atoms with Gasteiger partial charge in [-0.15, -0.1) is 0 Å². The average molecular weight is 296 g/mol. The van der Waals surface area contributed by atoms with E-state index in [1.807, 2.05) is 0 Å². The largest absolute Gasteiger partial charge is 0.477 e. The van der Waals surface area contributed by atoms with Crippen LogP contribution in [0.4, 0.5) is 5.69 Å². The summed E-state index contributed by atoms with van der Waals surface area (Å²) in [5.41, 5.74) is -0.316. The van der Waals surface area contributed by atoms with E-state index in [9.17, 15) is 14.9 Å². The van der Waals surface area contributed by atoms with Crippen LogP contribution >= 0.6 is 0 Å². The molecule has 2 N–H and O–H groups in total. The molecule has 2 rings (SSSR count). The molecule has 1 aliphatic heterocycles. The first-order valence-electron chi connectivity index (χ1n) is 6.49. The van der Waals surface area contributed by atoms with E-state index in [4.69, 9.17) is 14.6 Å². The second kappa shape index (κ2) is 7.11. The highest BCUT2D eigenvalue weighted by Gasteiger charge is 2.23. The molecule has 114 valence electrons. The van der Waals surface area contributed by atoms with Gasteiger partial charge in [-0.3, -0.25) is 10.1 Å². The molecule has 1 heterocycles. The van der Waals surface area contributed by atoms with Crippen LogP contribution in [0.15, 0.2) is 18.2 Å². The third-order valence-electron chi connectivity index (χ3n) is 3.11. The number of nitrogens with zero attached hydrogens (tertiary/aromatic N) is 1. The molecule has 8 heteroatoms. The van der Waals surface area contributed by atoms with Crippen LogP contribution in [0.5, 0.6) is 0 Å². The van der Waals surface area contributed by atoms with Crippen molar-refractivity contribution in [3.05, 3.63) is 39.4 Å². The lowest BCUT2D eigenvalue weighted by atomic mass is 10.1. The van der Waals surface area contributed by atoms with E-state index < -0.39 is 16.6 Å². The molecule has 1 aliphatic rings. The Morgan fingerprint density at radius 1 is 1.48 bits per heavy atom. The number of hydrogen-bond donors (Lipinski definition) is 2. The fourth-order valence-corrected chi connectivity index (χ4v) is 2.16. The molecule has 1 aromatic carbocycles. The Hall–Kier alpha value is -2.03. The lowest BCUT2D eigenvalue weighted by molar-refractivity contribution is -0.385. The molecule has 1 atom stereocenters. The minimum absolute atomic E-state index is 0.0919. The van der Waals surface area contributed by atoms with E-state index >= 15 is 0 Å². The van der Waals surface area contributed by atoms with E-state index in [1.165, 1.54) is 12.1 Å². The Labute approximate surface area is 120 Å². The number of aromatic carboxylic acids is 1. The zero-order valence-electron chi connectivity index (χ0n) is 11.3. The van der Waals surface area contributed by atoms with Crippen molar-refractivity contribution in [2.45, 2.75) is 12.6 Å². The van der Waals surface area contributed by atoms with Crippen molar-refractivity contribution < 1.29 is 24.3 Å². The van der Waals surface area contributed by atoms with Crippen LogP contribution in [-0.4, -0.2) is 48.5 Å². The highest BCUT2D eigenvalue weighted by molar-refractivity contribution is 5.94. The normalized spacial score (nSPS) is 18.4. The molecule has 8 nitrogen and oxygen atoms in total. The third-order valence-corrected chi connectivity index (χ3v) is 3.11. The van der Waals surface area contributed by atoms with Gasteiger partial charge in [0.1, 0.15) is 5.56 Å². The third kappa shape index (κ3) is 3.97. The number of nitro benzene ring substituents is 1. The molecular weight excluding hydrogens is 280 g/mol. The molecule has 0 saturated carbocycles. The molecule has 1 fully saturated rings. The minimum Gasteiger partial charge on any atom is -0.477 e. The van der Waals surface area contributed by atoms with Gasteiger partial charge in [0, 0.05) is 19.2 Å². The maximum atomic E-state index is 11.2. The summed E-state index contributed by atoms with van der Waals surface area (Å²) in [6, 6.07) is 4.22. The fraction of sp³-hybridized carbons (Fsp3) is 0.462. The van der Waals surface area contributed by atoms with Crippen LogP contribution in [0.3, 0.4) is 0 Å². The van der Waals surface area contributed by atoms with Gasteiger partial charge in [-0.1, -0.05) is 12.1 Å². The second-order valence-corrected chi connectivity index (χ2v) is 4.57. The Morgan fingerprint density at radius 2 is 2.29 bits per heavy atom. The van der Waals surface area contributed by atoms with Gasteiger partial charge < -0.3 is 19.9 Å². The minimum atomic E-state index is -1.31. The van der Waals surface area contributed by atoms with Crippen molar-refractivity contribution in [2.24, 2.45) is 0 Å². The standard InChI is InChI=1S/C13H16N2O6/c16-13(17)12-9(2-1-3-11(12)15(18)19)6-14-7-10-8-20-4-5-21-10/h1-3,10,14H,4-8H2,(H,16,17). The van der Waals surface area contributed by atoms with Crippen molar-refractivity contribution in [3.63, 3.8) is 0 Å². The molecule has 0 bridgehead atoms. The number of ether oxygens (including phenoxy) is 2. The predicted molar refractivity (Wildman–Crippen MR) is 72.3 cm³/mol. The van der Waals surface area contributed by atoms with Crippen LogP contribution in [0.2, 0.25) is 0 Å². The van der Waals surface area contributed by atoms with E-state index in [0.29, 0.717) is 31.9 Å². The summed E-state index contributed by atoms with van der Waals surface area (Å²) in [5.74, 6) is -1.31. The fourth-order valence-electron chi connectivity index (χ4n) is 2.16. The highest BCUT2D eigenvalue weighted by atomic mass is 16.6. The van der Waals surface area contributed by atoms with E-state index in [1.54, 1.807) is 6.07 Å². The van der Waals surface area contributed by atoms with Crippen molar-refractivity contribution in [3.8, 4) is 0 Å². The first-order valence-corrected chi connectivity index (χ1v) is 6.49. The van der Waals surface area contributed by atoms with E-state index in [-0.39, 0.29) is 18.2 Å². The van der Waals surface area contributed by atoms with Crippen LogP contribution in [0.1, 0.15) is 15.9 Å². The number of benzene rings is 1. The molecule has 0 aliphatic carbocycles. The molecule has 0 amide bonds. The first kappa shape index (κ1) is 15.4. The number of carbonyl (C=O) groups is 1. The van der Waals surface area contributed by atoms with Crippen LogP contribution in [0, 0.1) is 10.1 Å². The van der Waals surface area contributed by atoms with Gasteiger partial charge in [-0.05, 0) is 5.56 Å². The number of hydrogen-bond acceptors (Lipinski definition) is 6. The lowest BCUT2D eigenvalue weighted by Gasteiger charge is -2.23. The van der Waals surface area contributed by atoms with Gasteiger partial charge in [0.05, 0.1) is 30.8 Å². The molecular formula is C13H16N2O6. The van der Waals surface area contributed by atoms with Crippen LogP contribution in [-0.2, 0) is 16.0 Å². The van der Waals surface area contributed by atoms with Crippen LogP contribution in [0.25, 0.3) is 0 Å². The van der Waals surface area contributed by atoms with Gasteiger partial charge in [0.2, 0.25) is 0 Å². The quantitative estimate of drug-likeness (QED) is 0.590. The summed E-state index contributed by atoms with van der Waals surface area (Å²) in [6.45, 7) is 2.28. The summed E-state index contributed by atoms with van der Waals surface area (Å²) in [4.78, 5) is 21.4. The molecule has 21 heavy (non-hydrogen) atoms. The van der Waals surface area contributed by atoms with Gasteiger partial charge in [0.15, 0.2) is 0 Å². The monoisotopic (exact) mass is 296 g/mol. The topological polar surface area (TPSA) is 111 Å². The zero-order chi connectivity index (χ0) is 15.2. The highest BCUT2D eigenvalue weighted by Crippen LogP contribution is 2.22. The number of nitro groups is 1. The summed E-state index contributed by atoms with van der Waals surface area (Å²) < 4.78 is 10.7. The Bertz CT molecular complexity index is 527. The van der Waals surface area contributed by atoms with Crippen molar-refractivity contribution in [1.82, 2.24) is 5.32 Å². The number of carboxylic acids is 1. The van der Waals surface area contributed by atoms with Crippen molar-refractivity contribution in [2.75, 3.05) is 26.4 Å². The Balaban J connectivity index is 2.03. The lowest BCUT2D eigenvalue weighted by Crippen LogP contribution is -2.37. The number of carboxylic acid groups (broad SMARTS) is 1. The Morgan fingerprint density at radius 3 is 2.90 bits per heavy atom. The zero-order valence-corrected chi connectivity index (χ0v) is 11.3. The van der Waals surface area contributed by atoms with E-state index in [0.717, 1.165) is 0 Å². The van der Waals surface area contributed by atoms with Gasteiger partial charge in [-0.2, -0.15) is 0 Å². The van der Waals surface area contributed by atoms with Crippen LogP contribution < -0.4 is 5.32 Å². The number of nitrogens with one attached hydrogen (secondary N) is 1. The average Bonchev–Trinajstić information content (AvgIpc) is 2.47. The summed E-state index contributed by atoms with van der Waals surface area (Å²) in [7, 11) is 0. The maximum absolute atomic E-state index is 11.2. The van der Waals surface area contributed by atoms with Gasteiger partial charge in [-0.25, -0.2) is 4.79 Å². The molecule has 1 saturated heterocycles. The molecule has 1 aromatic rings. The smallest absolute Gasteiger partial charge is 0.343 e. The van der Waals surface area contributed by atoms with Crippen molar-refractivity contribution >= 4 is 11.7 Å². The molecule has 0 radical (unpaired) electrons. The second-order valence-electron chi connectivity index (χ2n) is 4.57. The van der Waals surface area contributed by atoms with Gasteiger partial charge >= 0.3 is 5.97 Å². The van der Waals surface area contributed by atoms with Crippen molar-refractivity contribution in [1.29, 1.82) is 0 Å². The Kier molecular flexibility index (Phi) is 5.20. The maximum Gasteiger partial charge on any atom is 0.343 e. The first-order chi connectivity index (χ1) is 10.1. The van der Waals surface area contributed by atoms with Gasteiger partial charge in [0.25, 0.3) is 5.69 Å². The SMILES string of the molecule is O=C(O)c1c(CNCC2COCCO2)cccc1[N+](=O)[O-].